The molecule has 0 spiro atoms. The highest BCUT2D eigenvalue weighted by Gasteiger charge is 2.33. The molecule has 6 nitrogen and oxygen atoms in total. The molecule has 1 aromatic carbocycles. The summed E-state index contributed by atoms with van der Waals surface area (Å²) in [6, 6.07) is 11.2. The zero-order chi connectivity index (χ0) is 18.1. The Kier molecular flexibility index (Phi) is 4.51. The highest BCUT2D eigenvalue weighted by molar-refractivity contribution is 6.31. The normalized spacial score (nSPS) is 19.3. The van der Waals surface area contributed by atoms with Gasteiger partial charge >= 0.3 is 0 Å². The quantitative estimate of drug-likeness (QED) is 0.831. The van der Waals surface area contributed by atoms with Crippen molar-refractivity contribution in [3.05, 3.63) is 53.2 Å². The number of ether oxygens (including phenoxy) is 1. The Morgan fingerprint density at radius 3 is 2.96 bits per heavy atom. The van der Waals surface area contributed by atoms with Crippen molar-refractivity contribution in [1.29, 1.82) is 0 Å². The predicted octanol–water partition coefficient (Wildman–Crippen LogP) is 2.48. The van der Waals surface area contributed by atoms with E-state index in [-0.39, 0.29) is 30.9 Å². The Bertz CT molecular complexity index is 857. The molecule has 26 heavy (non-hydrogen) atoms. The minimum absolute atomic E-state index is 0.0263. The Hall–Kier alpha value is -2.60. The Morgan fingerprint density at radius 2 is 2.12 bits per heavy atom. The third-order valence-corrected chi connectivity index (χ3v) is 5.18. The van der Waals surface area contributed by atoms with E-state index in [0.717, 1.165) is 17.0 Å². The van der Waals surface area contributed by atoms with Crippen LogP contribution in [0.15, 0.2) is 42.6 Å². The fourth-order valence-corrected chi connectivity index (χ4v) is 3.77. The molecule has 2 aliphatic heterocycles. The molecule has 0 N–H and O–H groups in total. The first-order chi connectivity index (χ1) is 12.6. The van der Waals surface area contributed by atoms with Gasteiger partial charge in [-0.3, -0.25) is 14.5 Å². The molecule has 1 fully saturated rings. The molecule has 2 aliphatic rings. The van der Waals surface area contributed by atoms with Crippen molar-refractivity contribution in [3.8, 4) is 5.75 Å². The molecule has 2 amide bonds. The fraction of sp³-hybridized carbons (Fsp3) is 0.316. The van der Waals surface area contributed by atoms with Crippen molar-refractivity contribution in [2.24, 2.45) is 0 Å². The zero-order valence-electron chi connectivity index (χ0n) is 14.1. The molecule has 1 saturated heterocycles. The molecule has 4 rings (SSSR count). The number of halogens is 1. The van der Waals surface area contributed by atoms with Crippen LogP contribution >= 0.6 is 11.6 Å². The molecule has 134 valence electrons. The average molecular weight is 372 g/mol. The molecular weight excluding hydrogens is 354 g/mol. The summed E-state index contributed by atoms with van der Waals surface area (Å²) in [5.41, 5.74) is 1.07. The maximum atomic E-state index is 12.8. The van der Waals surface area contributed by atoms with Gasteiger partial charge in [-0.2, -0.15) is 0 Å². The van der Waals surface area contributed by atoms with Gasteiger partial charge in [0, 0.05) is 30.2 Å². The lowest BCUT2D eigenvalue weighted by molar-refractivity contribution is -0.131. The summed E-state index contributed by atoms with van der Waals surface area (Å²) in [5.74, 6) is 0.797. The smallest absolute Gasteiger partial charge is 0.266 e. The van der Waals surface area contributed by atoms with Gasteiger partial charge in [0.15, 0.2) is 18.2 Å². The summed E-state index contributed by atoms with van der Waals surface area (Å²) in [7, 11) is 0. The Labute approximate surface area is 156 Å². The van der Waals surface area contributed by atoms with Crippen molar-refractivity contribution in [1.82, 2.24) is 9.88 Å². The summed E-state index contributed by atoms with van der Waals surface area (Å²) in [4.78, 5) is 32.4. The molecule has 7 heteroatoms. The van der Waals surface area contributed by atoms with Crippen LogP contribution in [0.1, 0.15) is 17.9 Å². The lowest BCUT2D eigenvalue weighted by atomic mass is 9.98. The molecule has 2 aromatic rings. The third-order valence-electron chi connectivity index (χ3n) is 4.84. The largest absolute Gasteiger partial charge is 0.480 e. The zero-order valence-corrected chi connectivity index (χ0v) is 14.9. The number of carbonyl (C=O) groups excluding carboxylic acids is 2. The number of fused-ring (bicyclic) bond motifs is 1. The second-order valence-corrected chi connectivity index (χ2v) is 6.85. The maximum absolute atomic E-state index is 12.8. The van der Waals surface area contributed by atoms with Crippen molar-refractivity contribution >= 4 is 29.2 Å². The third kappa shape index (κ3) is 3.12. The van der Waals surface area contributed by atoms with E-state index in [1.54, 1.807) is 23.2 Å². The number of rotatable bonds is 3. The standard InChI is InChI=1S/C19H18ClN3O3/c20-15-5-2-1-4-14(15)13-7-9-22(10-13)17(24)11-23-18(25)12-26-16-6-3-8-21-19(16)23/h1-6,8,13H,7,9-12H2. The fourth-order valence-electron chi connectivity index (χ4n) is 3.48. The van der Waals surface area contributed by atoms with Crippen molar-refractivity contribution in [2.45, 2.75) is 12.3 Å². The van der Waals surface area contributed by atoms with Gasteiger partial charge in [0.05, 0.1) is 0 Å². The van der Waals surface area contributed by atoms with Crippen LogP contribution < -0.4 is 9.64 Å². The van der Waals surface area contributed by atoms with E-state index in [4.69, 9.17) is 16.3 Å². The first-order valence-electron chi connectivity index (χ1n) is 8.54. The molecule has 1 atom stereocenters. The van der Waals surface area contributed by atoms with Crippen LogP contribution in [0.3, 0.4) is 0 Å². The van der Waals surface area contributed by atoms with E-state index < -0.39 is 0 Å². The number of amides is 2. The van der Waals surface area contributed by atoms with E-state index in [0.29, 0.717) is 24.7 Å². The predicted molar refractivity (Wildman–Crippen MR) is 97.5 cm³/mol. The monoisotopic (exact) mass is 371 g/mol. The SMILES string of the molecule is O=C(CN1C(=O)COc2cccnc21)N1CCC(c2ccccc2Cl)C1. The van der Waals surface area contributed by atoms with E-state index in [1.807, 2.05) is 24.3 Å². The van der Waals surface area contributed by atoms with Crippen LogP contribution in [0.2, 0.25) is 5.02 Å². The van der Waals surface area contributed by atoms with Crippen LogP contribution in [0, 0.1) is 0 Å². The van der Waals surface area contributed by atoms with Gasteiger partial charge in [-0.25, -0.2) is 4.98 Å². The van der Waals surface area contributed by atoms with Crippen LogP contribution in [0.5, 0.6) is 5.75 Å². The molecule has 0 aliphatic carbocycles. The number of anilines is 1. The number of likely N-dealkylation sites (tertiary alicyclic amines) is 1. The highest BCUT2D eigenvalue weighted by Crippen LogP contribution is 2.33. The second kappa shape index (κ2) is 6.96. The minimum atomic E-state index is -0.258. The highest BCUT2D eigenvalue weighted by atomic mass is 35.5. The summed E-state index contributed by atoms with van der Waals surface area (Å²) in [6.45, 7) is 1.16. The van der Waals surface area contributed by atoms with Crippen LogP contribution in [0.4, 0.5) is 5.82 Å². The molecule has 3 heterocycles. The molecule has 0 bridgehead atoms. The number of nitrogens with zero attached hydrogens (tertiary/aromatic N) is 3. The van der Waals surface area contributed by atoms with Crippen molar-refractivity contribution < 1.29 is 14.3 Å². The molecular formula is C19H18ClN3O3. The van der Waals surface area contributed by atoms with Crippen LogP contribution in [0.25, 0.3) is 0 Å². The van der Waals surface area contributed by atoms with Gasteiger partial charge in [-0.1, -0.05) is 29.8 Å². The summed E-state index contributed by atoms with van der Waals surface area (Å²) < 4.78 is 5.37. The van der Waals surface area contributed by atoms with E-state index in [2.05, 4.69) is 4.98 Å². The number of benzene rings is 1. The second-order valence-electron chi connectivity index (χ2n) is 6.44. The number of aromatic nitrogens is 1. The summed E-state index contributed by atoms with van der Waals surface area (Å²) in [5, 5.41) is 0.730. The van der Waals surface area contributed by atoms with Crippen molar-refractivity contribution in [3.63, 3.8) is 0 Å². The van der Waals surface area contributed by atoms with E-state index in [1.165, 1.54) is 4.90 Å². The number of pyridine rings is 1. The number of carbonyl (C=O) groups is 2. The first-order valence-corrected chi connectivity index (χ1v) is 8.91. The van der Waals surface area contributed by atoms with Crippen LogP contribution in [-0.4, -0.2) is 47.9 Å². The number of hydrogen-bond donors (Lipinski definition) is 0. The molecule has 1 unspecified atom stereocenters. The lowest BCUT2D eigenvalue weighted by Crippen LogP contribution is -2.46. The van der Waals surface area contributed by atoms with Gasteiger partial charge in [-0.05, 0) is 30.2 Å². The molecule has 0 radical (unpaired) electrons. The average Bonchev–Trinajstić information content (AvgIpc) is 3.14. The summed E-state index contributed by atoms with van der Waals surface area (Å²) >= 11 is 6.28. The van der Waals surface area contributed by atoms with Gasteiger partial charge in [-0.15, -0.1) is 0 Å². The van der Waals surface area contributed by atoms with Crippen molar-refractivity contribution in [2.75, 3.05) is 31.1 Å². The van der Waals surface area contributed by atoms with Gasteiger partial charge in [0.1, 0.15) is 6.54 Å². The van der Waals surface area contributed by atoms with Gasteiger partial charge < -0.3 is 9.64 Å². The minimum Gasteiger partial charge on any atom is -0.480 e. The Morgan fingerprint density at radius 1 is 1.27 bits per heavy atom. The summed E-state index contributed by atoms with van der Waals surface area (Å²) in [6.07, 6.45) is 2.45. The topological polar surface area (TPSA) is 62.7 Å². The van der Waals surface area contributed by atoms with Gasteiger partial charge in [0.25, 0.3) is 5.91 Å². The van der Waals surface area contributed by atoms with E-state index in [9.17, 15) is 9.59 Å². The first kappa shape index (κ1) is 16.8. The van der Waals surface area contributed by atoms with Gasteiger partial charge in [0.2, 0.25) is 5.91 Å². The van der Waals surface area contributed by atoms with Crippen LogP contribution in [-0.2, 0) is 9.59 Å². The molecule has 0 saturated carbocycles. The maximum Gasteiger partial charge on any atom is 0.266 e. The molecule has 1 aromatic heterocycles. The lowest BCUT2D eigenvalue weighted by Gasteiger charge is -2.29. The Balaban J connectivity index is 1.46. The van der Waals surface area contributed by atoms with E-state index >= 15 is 0 Å². The number of hydrogen-bond acceptors (Lipinski definition) is 4.